The molecule has 34 heavy (non-hydrogen) atoms. The fourth-order valence-electron chi connectivity index (χ4n) is 4.84. The Kier molecular flexibility index (Phi) is 7.01. The smallest absolute Gasteiger partial charge is 0.315 e. The molecule has 2 aliphatic rings. The van der Waals surface area contributed by atoms with Crippen LogP contribution in [0.1, 0.15) is 43.2 Å². The van der Waals surface area contributed by atoms with Gasteiger partial charge in [0.05, 0.1) is 21.3 Å². The molecule has 0 aromatic heterocycles. The minimum atomic E-state index is -0.767. The zero-order valence-electron chi connectivity index (χ0n) is 19.9. The van der Waals surface area contributed by atoms with Gasteiger partial charge >= 0.3 is 5.97 Å². The van der Waals surface area contributed by atoms with E-state index < -0.39 is 17.8 Å². The van der Waals surface area contributed by atoms with Crippen molar-refractivity contribution in [2.24, 2.45) is 10.9 Å². The minimum Gasteiger partial charge on any atom is -0.493 e. The molecule has 0 saturated heterocycles. The van der Waals surface area contributed by atoms with Crippen molar-refractivity contribution >= 4 is 17.5 Å². The van der Waals surface area contributed by atoms with Gasteiger partial charge < -0.3 is 18.9 Å². The lowest BCUT2D eigenvalue weighted by atomic mass is 9.71. The predicted molar refractivity (Wildman–Crippen MR) is 128 cm³/mol. The molecule has 0 radical (unpaired) electrons. The first kappa shape index (κ1) is 23.5. The van der Waals surface area contributed by atoms with Gasteiger partial charge in [-0.25, -0.2) is 0 Å². The number of nitrogens with zero attached hydrogens (tertiary/aromatic N) is 1. The van der Waals surface area contributed by atoms with Crippen molar-refractivity contribution in [1.82, 2.24) is 0 Å². The third kappa shape index (κ3) is 4.30. The molecular formula is C27H29NO6. The summed E-state index contributed by atoms with van der Waals surface area (Å²) in [6, 6.07) is 13.1. The Hall–Kier alpha value is -3.61. The number of aliphatic imine (C=N–C) groups is 1. The Bertz CT molecular complexity index is 1150. The number of carbonyl (C=O) groups is 2. The van der Waals surface area contributed by atoms with E-state index in [0.29, 0.717) is 46.9 Å². The van der Waals surface area contributed by atoms with Gasteiger partial charge in [-0.1, -0.05) is 36.4 Å². The van der Waals surface area contributed by atoms with E-state index in [4.69, 9.17) is 23.9 Å². The summed E-state index contributed by atoms with van der Waals surface area (Å²) in [6.07, 6.45) is 1.86. The molecule has 178 valence electrons. The first-order valence-corrected chi connectivity index (χ1v) is 11.3. The standard InChI is InChI=1S/C27H29NO6/c1-16-22(27(30)34-15-17-9-6-5-7-10-17)23(24-19(28-16)11-8-12-20(24)29)18-13-14-21(31-2)26(33-4)25(18)32-3/h5-7,9-10,13-14,22-23H,8,11-12,15H2,1-4H3/t22?,23-/m1/s1. The molecule has 0 amide bonds. The first-order chi connectivity index (χ1) is 16.5. The van der Waals surface area contributed by atoms with Crippen molar-refractivity contribution in [3.63, 3.8) is 0 Å². The number of benzene rings is 2. The summed E-state index contributed by atoms with van der Waals surface area (Å²) in [4.78, 5) is 31.4. The second-order valence-electron chi connectivity index (χ2n) is 8.36. The van der Waals surface area contributed by atoms with Crippen LogP contribution in [0.5, 0.6) is 17.2 Å². The number of hydrogen-bond donors (Lipinski definition) is 0. The van der Waals surface area contributed by atoms with Crippen molar-refractivity contribution in [3.8, 4) is 17.2 Å². The van der Waals surface area contributed by atoms with Crippen LogP contribution in [0, 0.1) is 5.92 Å². The Morgan fingerprint density at radius 2 is 1.71 bits per heavy atom. The van der Waals surface area contributed by atoms with Crippen LogP contribution in [0.25, 0.3) is 0 Å². The third-order valence-corrected chi connectivity index (χ3v) is 6.38. The van der Waals surface area contributed by atoms with Crippen LogP contribution in [0.15, 0.2) is 58.7 Å². The van der Waals surface area contributed by atoms with Gasteiger partial charge in [0.2, 0.25) is 5.75 Å². The summed E-state index contributed by atoms with van der Waals surface area (Å²) in [7, 11) is 4.61. The molecule has 1 heterocycles. The lowest BCUT2D eigenvalue weighted by molar-refractivity contribution is -0.148. The van der Waals surface area contributed by atoms with Crippen molar-refractivity contribution in [3.05, 3.63) is 64.9 Å². The van der Waals surface area contributed by atoms with Crippen LogP contribution in [-0.4, -0.2) is 38.8 Å². The molecule has 0 bridgehead atoms. The molecule has 0 spiro atoms. The van der Waals surface area contributed by atoms with E-state index >= 15 is 0 Å². The summed E-state index contributed by atoms with van der Waals surface area (Å²) in [6.45, 7) is 1.95. The number of ether oxygens (including phenoxy) is 4. The molecule has 0 fully saturated rings. The number of Topliss-reactive ketones (excluding diaryl/α,β-unsaturated/α-hetero) is 1. The Labute approximate surface area is 199 Å². The molecule has 2 aromatic carbocycles. The Morgan fingerprint density at radius 3 is 2.38 bits per heavy atom. The molecule has 4 rings (SSSR count). The van der Waals surface area contributed by atoms with Gasteiger partial charge in [-0.3, -0.25) is 14.6 Å². The number of carbonyl (C=O) groups excluding carboxylic acids is 2. The van der Waals surface area contributed by atoms with Gasteiger partial charge in [-0.05, 0) is 31.4 Å². The van der Waals surface area contributed by atoms with Gasteiger partial charge in [-0.2, -0.15) is 0 Å². The highest BCUT2D eigenvalue weighted by atomic mass is 16.5. The molecule has 1 aliphatic heterocycles. The number of methoxy groups -OCH3 is 3. The van der Waals surface area contributed by atoms with Crippen molar-refractivity contribution < 1.29 is 28.5 Å². The predicted octanol–water partition coefficient (Wildman–Crippen LogP) is 4.64. The van der Waals surface area contributed by atoms with Crippen molar-refractivity contribution in [1.29, 1.82) is 0 Å². The maximum Gasteiger partial charge on any atom is 0.315 e. The Morgan fingerprint density at radius 1 is 0.971 bits per heavy atom. The zero-order chi connectivity index (χ0) is 24.2. The molecule has 7 nitrogen and oxygen atoms in total. The van der Waals surface area contributed by atoms with Crippen LogP contribution in [0.3, 0.4) is 0 Å². The van der Waals surface area contributed by atoms with Gasteiger partial charge in [0, 0.05) is 34.9 Å². The second kappa shape index (κ2) is 10.1. The lowest BCUT2D eigenvalue weighted by Gasteiger charge is -2.35. The van der Waals surface area contributed by atoms with Crippen LogP contribution in [0.2, 0.25) is 0 Å². The van der Waals surface area contributed by atoms with E-state index in [9.17, 15) is 9.59 Å². The van der Waals surface area contributed by atoms with E-state index in [1.165, 1.54) is 14.2 Å². The average molecular weight is 464 g/mol. The van der Waals surface area contributed by atoms with Gasteiger partial charge in [0.25, 0.3) is 0 Å². The normalized spacial score (nSPS) is 19.8. The van der Waals surface area contributed by atoms with E-state index in [1.54, 1.807) is 13.2 Å². The van der Waals surface area contributed by atoms with Gasteiger partial charge in [-0.15, -0.1) is 0 Å². The first-order valence-electron chi connectivity index (χ1n) is 11.3. The quantitative estimate of drug-likeness (QED) is 0.557. The lowest BCUT2D eigenvalue weighted by Crippen LogP contribution is -2.37. The minimum absolute atomic E-state index is 0.000183. The van der Waals surface area contributed by atoms with E-state index in [0.717, 1.165) is 17.7 Å². The number of ketones is 1. The van der Waals surface area contributed by atoms with E-state index in [1.807, 2.05) is 43.3 Å². The molecule has 0 N–H and O–H groups in total. The van der Waals surface area contributed by atoms with Crippen LogP contribution in [-0.2, 0) is 20.9 Å². The highest BCUT2D eigenvalue weighted by Crippen LogP contribution is 2.50. The van der Waals surface area contributed by atoms with Crippen molar-refractivity contribution in [2.45, 2.75) is 38.7 Å². The average Bonchev–Trinajstić information content (AvgIpc) is 2.86. The topological polar surface area (TPSA) is 83.4 Å². The summed E-state index contributed by atoms with van der Waals surface area (Å²) in [5.41, 5.74) is 3.47. The monoisotopic (exact) mass is 463 g/mol. The largest absolute Gasteiger partial charge is 0.493 e. The van der Waals surface area contributed by atoms with Gasteiger partial charge in [0.1, 0.15) is 12.5 Å². The number of rotatable bonds is 7. The van der Waals surface area contributed by atoms with E-state index in [2.05, 4.69) is 0 Å². The fraction of sp³-hybridized carbons (Fsp3) is 0.370. The highest BCUT2D eigenvalue weighted by Gasteiger charge is 2.45. The zero-order valence-corrected chi connectivity index (χ0v) is 19.9. The van der Waals surface area contributed by atoms with Crippen molar-refractivity contribution in [2.75, 3.05) is 21.3 Å². The molecule has 1 unspecified atom stereocenters. The maximum atomic E-state index is 13.5. The molecule has 2 atom stereocenters. The summed E-state index contributed by atoms with van der Waals surface area (Å²) in [5.74, 6) is -0.472. The third-order valence-electron chi connectivity index (χ3n) is 6.38. The van der Waals surface area contributed by atoms with Crippen LogP contribution in [0.4, 0.5) is 0 Å². The molecule has 2 aromatic rings. The number of esters is 1. The summed E-state index contributed by atoms with van der Waals surface area (Å²) >= 11 is 0. The SMILES string of the molecule is COc1ccc([C@H]2C3=C(CCCC3=O)N=C(C)C2C(=O)OCc2ccccc2)c(OC)c1OC. The molecule has 0 saturated carbocycles. The highest BCUT2D eigenvalue weighted by molar-refractivity contribution is 6.09. The molecule has 1 aliphatic carbocycles. The Balaban J connectivity index is 1.81. The van der Waals surface area contributed by atoms with Crippen LogP contribution >= 0.6 is 0 Å². The fourth-order valence-corrected chi connectivity index (χ4v) is 4.84. The number of hydrogen-bond acceptors (Lipinski definition) is 7. The molecule has 7 heteroatoms. The van der Waals surface area contributed by atoms with Crippen LogP contribution < -0.4 is 14.2 Å². The summed E-state index contributed by atoms with van der Waals surface area (Å²) < 4.78 is 22.5. The maximum absolute atomic E-state index is 13.5. The number of allylic oxidation sites excluding steroid dienone is 2. The van der Waals surface area contributed by atoms with Gasteiger partial charge in [0.15, 0.2) is 17.3 Å². The summed E-state index contributed by atoms with van der Waals surface area (Å²) in [5, 5.41) is 0. The molecular weight excluding hydrogens is 434 g/mol. The van der Waals surface area contributed by atoms with E-state index in [-0.39, 0.29) is 12.4 Å². The second-order valence-corrected chi connectivity index (χ2v) is 8.36.